The van der Waals surface area contributed by atoms with Crippen LogP contribution in [0.5, 0.6) is 0 Å². The second-order valence-corrected chi connectivity index (χ2v) is 10.0. The quantitative estimate of drug-likeness (QED) is 0.676. The minimum atomic E-state index is 0.373. The average Bonchev–Trinajstić information content (AvgIpc) is 2.47. The first-order valence-corrected chi connectivity index (χ1v) is 10.7. The first-order valence-electron chi connectivity index (χ1n) is 10.7. The summed E-state index contributed by atoms with van der Waals surface area (Å²) in [5, 5.41) is 0.552. The Morgan fingerprint density at radius 3 is 2.29 bits per heavy atom. The third kappa shape index (κ3) is 2.60. The minimum absolute atomic E-state index is 0.373. The summed E-state index contributed by atoms with van der Waals surface area (Å²) in [6.45, 7) is 13.0. The molecule has 2 nitrogen and oxygen atoms in total. The molecule has 0 amide bonds. The van der Waals surface area contributed by atoms with E-state index in [0.717, 1.165) is 36.8 Å². The number of hydrogen-bond acceptors (Lipinski definition) is 2. The van der Waals surface area contributed by atoms with Gasteiger partial charge in [-0.15, -0.1) is 0 Å². The fourth-order valence-corrected chi connectivity index (χ4v) is 6.78. The van der Waals surface area contributed by atoms with Crippen LogP contribution in [0.1, 0.15) is 72.6 Å². The van der Waals surface area contributed by atoms with Crippen molar-refractivity contribution < 1.29 is 4.74 Å². The van der Waals surface area contributed by atoms with Crippen molar-refractivity contribution >= 4 is 7.28 Å². The maximum Gasteiger partial charge on any atom is 0.122 e. The summed E-state index contributed by atoms with van der Waals surface area (Å²) < 4.78 is 5.83. The summed E-state index contributed by atoms with van der Waals surface area (Å²) in [4.78, 5) is 2.82. The zero-order valence-electron chi connectivity index (χ0n) is 16.4. The van der Waals surface area contributed by atoms with E-state index >= 15 is 0 Å². The van der Waals surface area contributed by atoms with Crippen LogP contribution in [-0.2, 0) is 4.74 Å². The number of fused-ring (bicyclic) bond motifs is 3. The molecule has 4 atom stereocenters. The maximum absolute atomic E-state index is 5.83. The summed E-state index contributed by atoms with van der Waals surface area (Å²) in [6, 6.07) is 0.656. The van der Waals surface area contributed by atoms with Crippen LogP contribution >= 0.6 is 0 Å². The maximum atomic E-state index is 5.83. The van der Waals surface area contributed by atoms with Gasteiger partial charge in [0.15, 0.2) is 0 Å². The third-order valence-electron chi connectivity index (χ3n) is 8.24. The van der Waals surface area contributed by atoms with Crippen molar-refractivity contribution in [2.75, 3.05) is 19.8 Å². The Kier molecular flexibility index (Phi) is 4.57. The van der Waals surface area contributed by atoms with Gasteiger partial charge in [0, 0.05) is 6.04 Å². The first-order chi connectivity index (χ1) is 11.5. The predicted octanol–water partition coefficient (Wildman–Crippen LogP) is 4.78. The van der Waals surface area contributed by atoms with Gasteiger partial charge in [-0.1, -0.05) is 57.1 Å². The Balaban J connectivity index is 1.61. The molecule has 24 heavy (non-hydrogen) atoms. The largest absolute Gasteiger partial charge is 0.377 e. The molecule has 2 bridgehead atoms. The highest BCUT2D eigenvalue weighted by molar-refractivity contribution is 6.46. The Labute approximate surface area is 150 Å². The second-order valence-electron chi connectivity index (χ2n) is 10.0. The standard InChI is InChI=1S/C21H37BNO/c1-15(2)20-11-17-9-10-23(16(3)4)21(13-24-14-21)19(17)8-6-5-7-18(12-20)22-20/h15-19H,5-14H2,1-4H3. The molecule has 4 aliphatic heterocycles. The van der Waals surface area contributed by atoms with Gasteiger partial charge in [-0.2, -0.15) is 0 Å². The van der Waals surface area contributed by atoms with Gasteiger partial charge < -0.3 is 4.74 Å². The van der Waals surface area contributed by atoms with E-state index in [1.807, 2.05) is 0 Å². The molecule has 1 aliphatic carbocycles. The lowest BCUT2D eigenvalue weighted by Gasteiger charge is -2.63. The van der Waals surface area contributed by atoms with Gasteiger partial charge in [0.05, 0.1) is 18.8 Å². The van der Waals surface area contributed by atoms with E-state index in [-0.39, 0.29) is 0 Å². The average molecular weight is 330 g/mol. The Morgan fingerprint density at radius 1 is 1.00 bits per heavy atom. The van der Waals surface area contributed by atoms with Crippen molar-refractivity contribution in [3.63, 3.8) is 0 Å². The highest BCUT2D eigenvalue weighted by Crippen LogP contribution is 2.62. The van der Waals surface area contributed by atoms with Crippen LogP contribution in [0, 0.1) is 17.8 Å². The van der Waals surface area contributed by atoms with Crippen molar-refractivity contribution in [1.82, 2.24) is 4.90 Å². The Bertz CT molecular complexity index is 453. The van der Waals surface area contributed by atoms with Gasteiger partial charge in [0.25, 0.3) is 0 Å². The van der Waals surface area contributed by atoms with Gasteiger partial charge >= 0.3 is 0 Å². The molecule has 1 spiro atoms. The molecule has 5 aliphatic rings. The van der Waals surface area contributed by atoms with Crippen LogP contribution < -0.4 is 0 Å². The normalized spacial score (nSPS) is 42.2. The molecule has 4 unspecified atom stereocenters. The molecule has 4 saturated heterocycles. The Hall–Kier alpha value is -0.0151. The number of rotatable bonds is 2. The lowest BCUT2D eigenvalue weighted by molar-refractivity contribution is -0.210. The molecule has 0 N–H and O–H groups in total. The number of ether oxygens (including phenoxy) is 1. The minimum Gasteiger partial charge on any atom is -0.377 e. The molecule has 1 saturated carbocycles. The van der Waals surface area contributed by atoms with E-state index in [1.54, 1.807) is 0 Å². The molecule has 4 heterocycles. The molecule has 0 aromatic rings. The molecule has 0 aromatic heterocycles. The number of piperidine rings is 1. The lowest BCUT2D eigenvalue weighted by Crippen LogP contribution is -2.72. The van der Waals surface area contributed by atoms with Crippen molar-refractivity contribution in [3.8, 4) is 0 Å². The zero-order chi connectivity index (χ0) is 16.9. The first kappa shape index (κ1) is 17.4. The van der Waals surface area contributed by atoms with Crippen LogP contribution in [0.25, 0.3) is 0 Å². The molecule has 135 valence electrons. The van der Waals surface area contributed by atoms with Gasteiger partial charge in [-0.05, 0) is 51.0 Å². The number of nitrogens with zero attached hydrogens (tertiary/aromatic N) is 1. The van der Waals surface area contributed by atoms with E-state index in [1.165, 1.54) is 51.5 Å². The van der Waals surface area contributed by atoms with Gasteiger partial charge in [-0.25, -0.2) is 0 Å². The summed E-state index contributed by atoms with van der Waals surface area (Å²) >= 11 is 0. The smallest absolute Gasteiger partial charge is 0.122 e. The molecule has 0 aromatic carbocycles. The van der Waals surface area contributed by atoms with Crippen LogP contribution in [0.4, 0.5) is 0 Å². The van der Waals surface area contributed by atoms with Gasteiger partial charge in [-0.3, -0.25) is 4.90 Å². The Morgan fingerprint density at radius 2 is 1.71 bits per heavy atom. The molecular weight excluding hydrogens is 293 g/mol. The summed E-state index contributed by atoms with van der Waals surface area (Å²) in [6.07, 6.45) is 10.1. The number of hydrogen-bond donors (Lipinski definition) is 0. The van der Waals surface area contributed by atoms with Crippen LogP contribution in [0.2, 0.25) is 11.1 Å². The lowest BCUT2D eigenvalue weighted by atomic mass is 9.26. The fraction of sp³-hybridized carbons (Fsp3) is 1.00. The van der Waals surface area contributed by atoms with Crippen molar-refractivity contribution in [1.29, 1.82) is 0 Å². The summed E-state index contributed by atoms with van der Waals surface area (Å²) in [5.74, 6) is 3.52. The third-order valence-corrected chi connectivity index (χ3v) is 8.24. The van der Waals surface area contributed by atoms with Crippen LogP contribution in [0.3, 0.4) is 0 Å². The zero-order valence-corrected chi connectivity index (χ0v) is 16.4. The van der Waals surface area contributed by atoms with E-state index < -0.39 is 0 Å². The van der Waals surface area contributed by atoms with E-state index in [2.05, 4.69) is 39.9 Å². The van der Waals surface area contributed by atoms with E-state index in [0.29, 0.717) is 16.9 Å². The number of likely N-dealkylation sites (tertiary alicyclic amines) is 1. The van der Waals surface area contributed by atoms with Crippen molar-refractivity contribution in [2.45, 2.75) is 95.4 Å². The van der Waals surface area contributed by atoms with Gasteiger partial charge in [0.1, 0.15) is 7.28 Å². The molecule has 5 fully saturated rings. The van der Waals surface area contributed by atoms with E-state index in [4.69, 9.17) is 4.74 Å². The van der Waals surface area contributed by atoms with Gasteiger partial charge in [0.2, 0.25) is 0 Å². The fourth-order valence-electron chi connectivity index (χ4n) is 6.78. The molecule has 5 rings (SSSR count). The van der Waals surface area contributed by atoms with Crippen molar-refractivity contribution in [2.24, 2.45) is 17.8 Å². The summed E-state index contributed by atoms with van der Waals surface area (Å²) in [7, 11) is 2.79. The molecule has 1 radical (unpaired) electrons. The topological polar surface area (TPSA) is 12.5 Å². The summed E-state index contributed by atoms with van der Waals surface area (Å²) in [5.41, 5.74) is 0.373. The molecule has 3 heteroatoms. The second kappa shape index (κ2) is 6.30. The monoisotopic (exact) mass is 330 g/mol. The van der Waals surface area contributed by atoms with Crippen LogP contribution in [0.15, 0.2) is 0 Å². The highest BCUT2D eigenvalue weighted by Gasteiger charge is 2.58. The van der Waals surface area contributed by atoms with Crippen molar-refractivity contribution in [3.05, 3.63) is 0 Å². The molecular formula is C21H37BNO. The highest BCUT2D eigenvalue weighted by atomic mass is 16.5. The SMILES string of the molecule is CC(C)N1CCC2CC3(C(C)C)[B]C(CCCCC2C12COC2)C3. The van der Waals surface area contributed by atoms with Crippen LogP contribution in [-0.4, -0.2) is 43.5 Å². The van der Waals surface area contributed by atoms with E-state index in [9.17, 15) is 0 Å². The predicted molar refractivity (Wildman–Crippen MR) is 102 cm³/mol.